The van der Waals surface area contributed by atoms with E-state index in [9.17, 15) is 4.79 Å². The van der Waals surface area contributed by atoms with Gasteiger partial charge in [-0.25, -0.2) is 4.99 Å². The molecule has 0 saturated carbocycles. The molecular formula is C21H35N5O2. The number of carbonyl (C=O) groups is 1. The van der Waals surface area contributed by atoms with Crippen molar-refractivity contribution in [2.24, 2.45) is 4.99 Å². The molecule has 0 aliphatic carbocycles. The molecule has 0 bridgehead atoms. The van der Waals surface area contributed by atoms with Crippen LogP contribution in [0.2, 0.25) is 0 Å². The van der Waals surface area contributed by atoms with Crippen LogP contribution >= 0.6 is 0 Å². The van der Waals surface area contributed by atoms with Gasteiger partial charge in [-0.15, -0.1) is 0 Å². The Balaban J connectivity index is 1.88. The minimum absolute atomic E-state index is 0.00712. The van der Waals surface area contributed by atoms with Crippen molar-refractivity contribution < 1.29 is 9.53 Å². The quantitative estimate of drug-likeness (QED) is 0.493. The minimum Gasteiger partial charge on any atom is -0.497 e. The second kappa shape index (κ2) is 11.5. The summed E-state index contributed by atoms with van der Waals surface area (Å²) in [5.74, 6) is 1.55. The van der Waals surface area contributed by atoms with E-state index in [1.165, 1.54) is 24.9 Å². The van der Waals surface area contributed by atoms with Crippen molar-refractivity contribution in [3.8, 4) is 5.75 Å². The summed E-state index contributed by atoms with van der Waals surface area (Å²) in [6, 6.07) is 8.61. The normalized spacial score (nSPS) is 17.4. The number of aliphatic imine (C=N–C) groups is 1. The second-order valence-electron chi connectivity index (χ2n) is 7.28. The van der Waals surface area contributed by atoms with Crippen LogP contribution in [0.4, 0.5) is 0 Å². The Morgan fingerprint density at radius 3 is 2.68 bits per heavy atom. The summed E-state index contributed by atoms with van der Waals surface area (Å²) < 4.78 is 5.20. The van der Waals surface area contributed by atoms with Gasteiger partial charge in [-0.3, -0.25) is 9.69 Å². The summed E-state index contributed by atoms with van der Waals surface area (Å²) >= 11 is 0. The monoisotopic (exact) mass is 389 g/mol. The van der Waals surface area contributed by atoms with Crippen molar-refractivity contribution in [3.63, 3.8) is 0 Å². The largest absolute Gasteiger partial charge is 0.497 e. The van der Waals surface area contributed by atoms with Crippen molar-refractivity contribution in [1.82, 2.24) is 20.4 Å². The molecular weight excluding hydrogens is 354 g/mol. The van der Waals surface area contributed by atoms with E-state index in [-0.39, 0.29) is 12.5 Å². The van der Waals surface area contributed by atoms with E-state index in [0.717, 1.165) is 31.8 Å². The topological polar surface area (TPSA) is 69.2 Å². The van der Waals surface area contributed by atoms with E-state index >= 15 is 0 Å². The fraction of sp³-hybridized carbons (Fsp3) is 0.619. The lowest BCUT2D eigenvalue weighted by molar-refractivity contribution is -0.127. The molecule has 1 aliphatic heterocycles. The van der Waals surface area contributed by atoms with Gasteiger partial charge in [0.25, 0.3) is 0 Å². The van der Waals surface area contributed by atoms with E-state index < -0.39 is 0 Å². The van der Waals surface area contributed by atoms with Crippen LogP contribution in [0, 0.1) is 0 Å². The van der Waals surface area contributed by atoms with Crippen molar-refractivity contribution >= 4 is 11.9 Å². The Morgan fingerprint density at radius 2 is 2.04 bits per heavy atom. The van der Waals surface area contributed by atoms with Crippen LogP contribution in [0.1, 0.15) is 25.3 Å². The van der Waals surface area contributed by atoms with Gasteiger partial charge in [0, 0.05) is 33.2 Å². The number of hydrogen-bond acceptors (Lipinski definition) is 4. The first-order valence-corrected chi connectivity index (χ1v) is 10.1. The number of likely N-dealkylation sites (tertiary alicyclic amines) is 1. The SMILES string of the molecule is CCN1CCCC1CNC(=NCC(=O)N(C)C)NCCc1ccc(OC)cc1. The highest BCUT2D eigenvalue weighted by Gasteiger charge is 2.22. The first-order valence-electron chi connectivity index (χ1n) is 10.1. The smallest absolute Gasteiger partial charge is 0.243 e. The first kappa shape index (κ1) is 22.0. The van der Waals surface area contributed by atoms with Gasteiger partial charge >= 0.3 is 0 Å². The third-order valence-corrected chi connectivity index (χ3v) is 5.15. The molecule has 1 atom stereocenters. The molecule has 7 heteroatoms. The number of methoxy groups -OCH3 is 1. The zero-order chi connectivity index (χ0) is 20.4. The van der Waals surface area contributed by atoms with Crippen LogP contribution in [0.5, 0.6) is 5.75 Å². The molecule has 0 spiro atoms. The lowest BCUT2D eigenvalue weighted by atomic mass is 10.1. The summed E-state index contributed by atoms with van der Waals surface area (Å²) in [6.07, 6.45) is 3.32. The van der Waals surface area contributed by atoms with Gasteiger partial charge in [0.1, 0.15) is 12.3 Å². The van der Waals surface area contributed by atoms with Gasteiger partial charge in [-0.05, 0) is 50.0 Å². The lowest BCUT2D eigenvalue weighted by Gasteiger charge is -2.24. The van der Waals surface area contributed by atoms with Gasteiger partial charge in [-0.2, -0.15) is 0 Å². The number of likely N-dealkylation sites (N-methyl/N-ethyl adjacent to an activating group) is 2. The van der Waals surface area contributed by atoms with Gasteiger partial charge in [0.05, 0.1) is 7.11 Å². The van der Waals surface area contributed by atoms with E-state index in [2.05, 4.69) is 39.6 Å². The van der Waals surface area contributed by atoms with Crippen molar-refractivity contribution in [3.05, 3.63) is 29.8 Å². The molecule has 2 N–H and O–H groups in total. The van der Waals surface area contributed by atoms with Crippen molar-refractivity contribution in [2.45, 2.75) is 32.2 Å². The number of hydrogen-bond donors (Lipinski definition) is 2. The number of benzene rings is 1. The number of nitrogens with zero attached hydrogens (tertiary/aromatic N) is 3. The fourth-order valence-corrected chi connectivity index (χ4v) is 3.34. The van der Waals surface area contributed by atoms with Crippen LogP contribution < -0.4 is 15.4 Å². The third-order valence-electron chi connectivity index (χ3n) is 5.15. The molecule has 0 aromatic heterocycles. The predicted octanol–water partition coefficient (Wildman–Crippen LogP) is 1.35. The number of rotatable bonds is 9. The highest BCUT2D eigenvalue weighted by atomic mass is 16.5. The number of nitrogens with one attached hydrogen (secondary N) is 2. The molecule has 1 fully saturated rings. The Bertz CT molecular complexity index is 630. The van der Waals surface area contributed by atoms with Crippen LogP contribution in [0.15, 0.2) is 29.3 Å². The predicted molar refractivity (Wildman–Crippen MR) is 114 cm³/mol. The average Bonchev–Trinajstić information content (AvgIpc) is 3.17. The number of ether oxygens (including phenoxy) is 1. The maximum absolute atomic E-state index is 11.9. The maximum Gasteiger partial charge on any atom is 0.243 e. The maximum atomic E-state index is 11.9. The van der Waals surface area contributed by atoms with Crippen LogP contribution in [-0.2, 0) is 11.2 Å². The second-order valence-corrected chi connectivity index (χ2v) is 7.28. The van der Waals surface area contributed by atoms with Crippen LogP contribution in [-0.4, -0.2) is 81.6 Å². The van der Waals surface area contributed by atoms with Gasteiger partial charge in [-0.1, -0.05) is 19.1 Å². The molecule has 1 aromatic rings. The Morgan fingerprint density at radius 1 is 1.29 bits per heavy atom. The molecule has 1 aromatic carbocycles. The number of guanidine groups is 1. The van der Waals surface area contributed by atoms with Gasteiger partial charge in [0.15, 0.2) is 5.96 Å². The molecule has 156 valence electrons. The first-order chi connectivity index (χ1) is 13.5. The molecule has 1 amide bonds. The molecule has 7 nitrogen and oxygen atoms in total. The summed E-state index contributed by atoms with van der Waals surface area (Å²) in [5, 5.41) is 6.80. The summed E-state index contributed by atoms with van der Waals surface area (Å²) in [7, 11) is 5.17. The molecule has 1 aliphatic rings. The minimum atomic E-state index is -0.00712. The Kier molecular flexibility index (Phi) is 9.07. The van der Waals surface area contributed by atoms with Gasteiger partial charge < -0.3 is 20.3 Å². The summed E-state index contributed by atoms with van der Waals surface area (Å²) in [5.41, 5.74) is 1.23. The van der Waals surface area contributed by atoms with Crippen LogP contribution in [0.3, 0.4) is 0 Å². The van der Waals surface area contributed by atoms with E-state index in [1.54, 1.807) is 26.1 Å². The Hall–Kier alpha value is -2.28. The summed E-state index contributed by atoms with van der Waals surface area (Å²) in [6.45, 7) is 6.18. The highest BCUT2D eigenvalue weighted by Crippen LogP contribution is 2.15. The molecule has 1 saturated heterocycles. The average molecular weight is 390 g/mol. The summed E-state index contributed by atoms with van der Waals surface area (Å²) in [4.78, 5) is 20.4. The molecule has 28 heavy (non-hydrogen) atoms. The molecule has 1 heterocycles. The van der Waals surface area contributed by atoms with Crippen LogP contribution in [0.25, 0.3) is 0 Å². The Labute approximate surface area is 169 Å². The molecule has 1 unspecified atom stereocenters. The molecule has 0 radical (unpaired) electrons. The van der Waals surface area contributed by atoms with E-state index in [1.807, 2.05) is 12.1 Å². The van der Waals surface area contributed by atoms with E-state index in [0.29, 0.717) is 12.0 Å². The standard InChI is InChI=1S/C21H35N5O2/c1-5-26-14-6-7-18(26)15-23-21(24-16-20(27)25(2)3)22-13-12-17-8-10-19(28-4)11-9-17/h8-11,18H,5-7,12-16H2,1-4H3,(H2,22,23,24). The number of carbonyl (C=O) groups excluding carboxylic acids is 1. The third kappa shape index (κ3) is 7.03. The fourth-order valence-electron chi connectivity index (χ4n) is 3.34. The van der Waals surface area contributed by atoms with Gasteiger partial charge in [0.2, 0.25) is 5.91 Å². The molecule has 2 rings (SSSR count). The lowest BCUT2D eigenvalue weighted by Crippen LogP contribution is -2.45. The van der Waals surface area contributed by atoms with E-state index in [4.69, 9.17) is 4.74 Å². The highest BCUT2D eigenvalue weighted by molar-refractivity contribution is 5.84. The zero-order valence-electron chi connectivity index (χ0n) is 17.7. The van der Waals surface area contributed by atoms with Crippen molar-refractivity contribution in [2.75, 3.05) is 53.9 Å². The van der Waals surface area contributed by atoms with Crippen molar-refractivity contribution in [1.29, 1.82) is 0 Å². The zero-order valence-corrected chi connectivity index (χ0v) is 17.7. The number of amides is 1.